The summed E-state index contributed by atoms with van der Waals surface area (Å²) in [6, 6.07) is 3.35. The number of hydrazone groups is 1. The number of anilines is 1. The van der Waals surface area contributed by atoms with Crippen LogP contribution < -0.4 is 5.43 Å². The quantitative estimate of drug-likeness (QED) is 0.211. The number of nitro benzene ring substituents is 2. The van der Waals surface area contributed by atoms with E-state index in [-0.39, 0.29) is 11.4 Å². The summed E-state index contributed by atoms with van der Waals surface area (Å²) < 4.78 is 0. The molecule has 2 rings (SSSR count). The van der Waals surface area contributed by atoms with Gasteiger partial charge < -0.3 is 0 Å². The minimum Gasteiger partial charge on any atom is -0.272 e. The second-order valence-corrected chi connectivity index (χ2v) is 7.54. The first-order valence-corrected chi connectivity index (χ1v) is 10.3. The van der Waals surface area contributed by atoms with Crippen molar-refractivity contribution < 1.29 is 9.85 Å². The molecule has 0 radical (unpaired) electrons. The fourth-order valence-corrected chi connectivity index (χ4v) is 3.22. The van der Waals surface area contributed by atoms with Gasteiger partial charge in [0.05, 0.1) is 15.9 Å². The number of hydrogen-bond donors (Lipinski definition) is 1. The lowest BCUT2D eigenvalue weighted by Crippen LogP contribution is -2.02. The number of non-ortho nitro benzene ring substituents is 1. The van der Waals surface area contributed by atoms with E-state index in [1.807, 2.05) is 25.2 Å². The molecule has 8 nitrogen and oxygen atoms in total. The highest BCUT2D eigenvalue weighted by Crippen LogP contribution is 2.28. The molecule has 31 heavy (non-hydrogen) atoms. The Balaban J connectivity index is 1.90. The lowest BCUT2D eigenvalue weighted by atomic mass is 9.89. The molecule has 1 aliphatic rings. The maximum Gasteiger partial charge on any atom is 0.301 e. The number of allylic oxidation sites excluding steroid dienone is 8. The zero-order valence-electron chi connectivity index (χ0n) is 17.9. The number of nitrogens with zero attached hydrogens (tertiary/aromatic N) is 3. The van der Waals surface area contributed by atoms with Crippen LogP contribution in [0.2, 0.25) is 0 Å². The van der Waals surface area contributed by atoms with E-state index in [1.54, 1.807) is 6.08 Å². The molecule has 0 spiro atoms. The topological polar surface area (TPSA) is 111 Å². The first-order valence-electron chi connectivity index (χ1n) is 10.3. The predicted molar refractivity (Wildman–Crippen MR) is 124 cm³/mol. The molecule has 0 aromatic heterocycles. The van der Waals surface area contributed by atoms with Gasteiger partial charge in [-0.15, -0.1) is 0 Å². The van der Waals surface area contributed by atoms with Gasteiger partial charge in [-0.25, -0.2) is 0 Å². The van der Waals surface area contributed by atoms with Gasteiger partial charge in [-0.1, -0.05) is 55.2 Å². The standard InChI is InChI=1S/C23H28N4O4/c1-18(11-12-20-9-4-3-5-10-20)7-6-8-19(2)15-16-24-25-22-14-13-21(26(28)29)17-23(22)27(30)31/h6-8,11-17,20,25H,3-5,9-10H2,1-2H3/b8-6+,12-11-,18-7+,19-15+,24-16+. The average molecular weight is 425 g/mol. The Hall–Kier alpha value is -3.55. The lowest BCUT2D eigenvalue weighted by Gasteiger charge is -2.17. The second-order valence-electron chi connectivity index (χ2n) is 7.54. The van der Waals surface area contributed by atoms with E-state index in [9.17, 15) is 20.2 Å². The Kier molecular flexibility index (Phi) is 9.35. The lowest BCUT2D eigenvalue weighted by molar-refractivity contribution is -0.393. The predicted octanol–water partition coefficient (Wildman–Crippen LogP) is 6.49. The normalized spacial score (nSPS) is 16.5. The van der Waals surface area contributed by atoms with Crippen molar-refractivity contribution in [3.63, 3.8) is 0 Å². The van der Waals surface area contributed by atoms with Crippen molar-refractivity contribution in [2.45, 2.75) is 46.0 Å². The van der Waals surface area contributed by atoms with Crippen LogP contribution in [-0.2, 0) is 0 Å². The largest absolute Gasteiger partial charge is 0.301 e. The van der Waals surface area contributed by atoms with E-state index in [2.05, 4.69) is 29.6 Å². The van der Waals surface area contributed by atoms with E-state index in [0.29, 0.717) is 5.92 Å². The summed E-state index contributed by atoms with van der Waals surface area (Å²) in [5.41, 5.74) is 4.02. The monoisotopic (exact) mass is 424 g/mol. The molecule has 0 aliphatic heterocycles. The van der Waals surface area contributed by atoms with Crippen molar-refractivity contribution in [1.82, 2.24) is 0 Å². The first kappa shape index (κ1) is 23.7. The molecule has 0 bridgehead atoms. The van der Waals surface area contributed by atoms with Gasteiger partial charge in [-0.2, -0.15) is 5.10 Å². The van der Waals surface area contributed by atoms with Crippen molar-refractivity contribution >= 4 is 23.3 Å². The molecule has 0 saturated heterocycles. The van der Waals surface area contributed by atoms with Gasteiger partial charge >= 0.3 is 5.69 Å². The molecule has 1 aromatic rings. The van der Waals surface area contributed by atoms with Gasteiger partial charge in [0.2, 0.25) is 0 Å². The van der Waals surface area contributed by atoms with E-state index >= 15 is 0 Å². The van der Waals surface area contributed by atoms with Crippen molar-refractivity contribution in [1.29, 1.82) is 0 Å². The number of hydrogen-bond acceptors (Lipinski definition) is 6. The summed E-state index contributed by atoms with van der Waals surface area (Å²) >= 11 is 0. The zero-order valence-corrected chi connectivity index (χ0v) is 17.9. The number of nitro groups is 2. The van der Waals surface area contributed by atoms with E-state index in [0.717, 1.165) is 11.6 Å². The summed E-state index contributed by atoms with van der Waals surface area (Å²) in [4.78, 5) is 20.5. The van der Waals surface area contributed by atoms with Crippen LogP contribution in [0.25, 0.3) is 0 Å². The highest BCUT2D eigenvalue weighted by atomic mass is 16.6. The van der Waals surface area contributed by atoms with E-state index in [1.165, 1.54) is 56.0 Å². The maximum absolute atomic E-state index is 11.1. The number of benzene rings is 1. The molecule has 1 aromatic carbocycles. The minimum atomic E-state index is -0.688. The third kappa shape index (κ3) is 8.38. The SMILES string of the molecule is CC(/C=C\C1CCCCC1)=C\C=C\C(C)=C\C=N\Nc1ccc([N+](=O)[O-])cc1[N+](=O)[O-]. The van der Waals surface area contributed by atoms with Gasteiger partial charge in [-0.05, 0) is 50.3 Å². The van der Waals surface area contributed by atoms with Crippen molar-refractivity contribution in [2.24, 2.45) is 11.0 Å². The molecule has 1 N–H and O–H groups in total. The molecule has 164 valence electrons. The molecule has 0 amide bonds. The zero-order chi connectivity index (χ0) is 22.6. The third-order valence-corrected chi connectivity index (χ3v) is 4.99. The van der Waals surface area contributed by atoms with Crippen LogP contribution in [0.15, 0.2) is 70.9 Å². The van der Waals surface area contributed by atoms with Gasteiger partial charge in [0.1, 0.15) is 5.69 Å². The van der Waals surface area contributed by atoms with Crippen LogP contribution in [-0.4, -0.2) is 16.1 Å². The Morgan fingerprint density at radius 2 is 1.74 bits per heavy atom. The summed E-state index contributed by atoms with van der Waals surface area (Å²) in [6.07, 6.45) is 20.3. The molecule has 0 atom stereocenters. The van der Waals surface area contributed by atoms with Crippen LogP contribution in [0.1, 0.15) is 46.0 Å². The summed E-state index contributed by atoms with van der Waals surface area (Å²) in [5.74, 6) is 0.706. The minimum absolute atomic E-state index is 0.0803. The Bertz CT molecular complexity index is 939. The molecule has 0 unspecified atom stereocenters. The number of nitrogens with one attached hydrogen (secondary N) is 1. The summed E-state index contributed by atoms with van der Waals surface area (Å²) in [6.45, 7) is 3.99. The van der Waals surface area contributed by atoms with Crippen molar-refractivity contribution in [3.05, 3.63) is 86.0 Å². The molecular weight excluding hydrogens is 396 g/mol. The Morgan fingerprint density at radius 1 is 1.03 bits per heavy atom. The highest BCUT2D eigenvalue weighted by molar-refractivity contribution is 5.75. The summed E-state index contributed by atoms with van der Waals surface area (Å²) in [7, 11) is 0. The van der Waals surface area contributed by atoms with Gasteiger partial charge in [0.15, 0.2) is 0 Å². The van der Waals surface area contributed by atoms with Gasteiger partial charge in [0.25, 0.3) is 5.69 Å². The fourth-order valence-electron chi connectivity index (χ4n) is 3.22. The van der Waals surface area contributed by atoms with Crippen LogP contribution in [0.3, 0.4) is 0 Å². The molecule has 1 fully saturated rings. The van der Waals surface area contributed by atoms with Crippen LogP contribution in [0, 0.1) is 26.1 Å². The molecule has 0 heterocycles. The average Bonchev–Trinajstić information content (AvgIpc) is 2.75. The summed E-state index contributed by atoms with van der Waals surface area (Å²) in [5, 5.41) is 25.8. The van der Waals surface area contributed by atoms with E-state index in [4.69, 9.17) is 0 Å². The Morgan fingerprint density at radius 3 is 2.42 bits per heavy atom. The van der Waals surface area contributed by atoms with Crippen LogP contribution in [0.4, 0.5) is 17.1 Å². The Labute approximate surface area is 182 Å². The third-order valence-electron chi connectivity index (χ3n) is 4.99. The van der Waals surface area contributed by atoms with Gasteiger partial charge in [-0.3, -0.25) is 25.7 Å². The smallest absolute Gasteiger partial charge is 0.272 e. The second kappa shape index (κ2) is 12.2. The van der Waals surface area contributed by atoms with Gasteiger partial charge in [0, 0.05) is 12.3 Å². The fraction of sp³-hybridized carbons (Fsp3) is 0.348. The molecule has 1 saturated carbocycles. The van der Waals surface area contributed by atoms with E-state index < -0.39 is 15.5 Å². The molecule has 8 heteroatoms. The highest BCUT2D eigenvalue weighted by Gasteiger charge is 2.18. The molecular formula is C23H28N4O4. The first-order chi connectivity index (χ1) is 14.9. The van der Waals surface area contributed by atoms with Crippen LogP contribution in [0.5, 0.6) is 0 Å². The van der Waals surface area contributed by atoms with Crippen molar-refractivity contribution in [3.8, 4) is 0 Å². The maximum atomic E-state index is 11.1. The van der Waals surface area contributed by atoms with Crippen LogP contribution >= 0.6 is 0 Å². The number of rotatable bonds is 9. The van der Waals surface area contributed by atoms with Crippen molar-refractivity contribution in [2.75, 3.05) is 5.43 Å². The molecule has 1 aliphatic carbocycles.